The molecule has 0 saturated carbocycles. The number of H-pyrrole nitrogens is 1. The van der Waals surface area contributed by atoms with Gasteiger partial charge in [-0.2, -0.15) is 5.10 Å². The van der Waals surface area contributed by atoms with Crippen molar-refractivity contribution in [2.24, 2.45) is 11.8 Å². The Bertz CT molecular complexity index is 1350. The Balaban J connectivity index is 1.27. The molecule has 2 fully saturated rings. The molecule has 0 aromatic carbocycles. The molecule has 2 aliphatic rings. The molecule has 0 radical (unpaired) electrons. The van der Waals surface area contributed by atoms with Crippen molar-refractivity contribution in [2.45, 2.75) is 58.5 Å². The predicted octanol–water partition coefficient (Wildman–Crippen LogP) is 4.92. The van der Waals surface area contributed by atoms with Gasteiger partial charge in [0.05, 0.1) is 23.3 Å². The molecule has 0 amide bonds. The molecule has 4 aromatic rings. The highest BCUT2D eigenvalue weighted by molar-refractivity contribution is 5.89. The molecule has 0 aliphatic carbocycles. The van der Waals surface area contributed by atoms with Crippen LogP contribution < -0.4 is 4.90 Å². The molecular weight excluding hydrogens is 452 g/mol. The Morgan fingerprint density at radius 2 is 1.89 bits per heavy atom. The molecule has 6 heterocycles. The number of nitrogens with one attached hydrogen (secondary N) is 1. The van der Waals surface area contributed by atoms with Crippen LogP contribution in [0.2, 0.25) is 0 Å². The number of anilines is 1. The van der Waals surface area contributed by atoms with Gasteiger partial charge in [-0.15, -0.1) is 0 Å². The minimum Gasteiger partial charge on any atom is -0.392 e. The van der Waals surface area contributed by atoms with Crippen LogP contribution in [0.15, 0.2) is 30.7 Å². The second kappa shape index (κ2) is 9.82. The van der Waals surface area contributed by atoms with Gasteiger partial charge in [0.2, 0.25) is 0 Å². The van der Waals surface area contributed by atoms with Gasteiger partial charge < -0.3 is 19.7 Å². The van der Waals surface area contributed by atoms with E-state index in [1.54, 1.807) is 4.52 Å². The van der Waals surface area contributed by atoms with E-state index in [4.69, 9.17) is 9.72 Å². The van der Waals surface area contributed by atoms with Crippen LogP contribution in [0.5, 0.6) is 0 Å². The van der Waals surface area contributed by atoms with Gasteiger partial charge in [-0.05, 0) is 68.1 Å². The van der Waals surface area contributed by atoms with Gasteiger partial charge in [0.15, 0.2) is 5.65 Å². The van der Waals surface area contributed by atoms with Crippen molar-refractivity contribution in [2.75, 3.05) is 31.2 Å². The number of hydrogen-bond donors (Lipinski definition) is 2. The third kappa shape index (κ3) is 4.37. The van der Waals surface area contributed by atoms with Crippen LogP contribution in [0.4, 0.5) is 5.82 Å². The summed E-state index contributed by atoms with van der Waals surface area (Å²) in [5.74, 6) is 3.03. The Labute approximate surface area is 211 Å². The van der Waals surface area contributed by atoms with E-state index in [1.165, 1.54) is 44.0 Å². The van der Waals surface area contributed by atoms with Gasteiger partial charge in [0.25, 0.3) is 0 Å². The molecule has 0 unspecified atom stereocenters. The Hall–Kier alpha value is -2.97. The molecule has 0 spiro atoms. The van der Waals surface area contributed by atoms with Crippen LogP contribution >= 0.6 is 0 Å². The van der Waals surface area contributed by atoms with Crippen molar-refractivity contribution in [1.82, 2.24) is 24.6 Å². The molecule has 0 atom stereocenters. The molecular formula is C28H36N6O2. The fourth-order valence-electron chi connectivity index (χ4n) is 6.14. The number of aliphatic hydroxyl groups is 1. The zero-order chi connectivity index (χ0) is 24.6. The van der Waals surface area contributed by atoms with Crippen molar-refractivity contribution in [3.63, 3.8) is 0 Å². The lowest BCUT2D eigenvalue weighted by Crippen LogP contribution is -2.35. The number of fused-ring (bicyclic) bond motifs is 2. The number of aromatic amines is 1. The van der Waals surface area contributed by atoms with E-state index in [-0.39, 0.29) is 12.5 Å². The van der Waals surface area contributed by atoms with E-state index in [0.29, 0.717) is 5.65 Å². The van der Waals surface area contributed by atoms with Crippen molar-refractivity contribution in [3.05, 3.63) is 41.9 Å². The zero-order valence-corrected chi connectivity index (χ0v) is 21.3. The van der Waals surface area contributed by atoms with E-state index in [9.17, 15) is 5.11 Å². The number of rotatable bonds is 6. The molecule has 4 aromatic heterocycles. The molecule has 2 aliphatic heterocycles. The SMILES string of the molecule is CC(C)c1c(-c2cc(CO)c3ncnn3c2)[nH]c2ccc(N3CCC(CC4CCOCC4)CC3)nc12. The van der Waals surface area contributed by atoms with Gasteiger partial charge in [-0.3, -0.25) is 0 Å². The summed E-state index contributed by atoms with van der Waals surface area (Å²) >= 11 is 0. The molecule has 2 N–H and O–H groups in total. The third-order valence-electron chi connectivity index (χ3n) is 8.10. The number of nitrogens with zero attached hydrogens (tertiary/aromatic N) is 5. The molecule has 8 nitrogen and oxygen atoms in total. The lowest BCUT2D eigenvalue weighted by molar-refractivity contribution is 0.0571. The maximum absolute atomic E-state index is 9.92. The maximum atomic E-state index is 9.92. The Morgan fingerprint density at radius 1 is 1.11 bits per heavy atom. The van der Waals surface area contributed by atoms with Crippen LogP contribution in [0, 0.1) is 11.8 Å². The van der Waals surface area contributed by atoms with Gasteiger partial charge in [0, 0.05) is 49.2 Å². The second-order valence-electron chi connectivity index (χ2n) is 10.8. The summed E-state index contributed by atoms with van der Waals surface area (Å²) in [6.07, 6.45) is 9.80. The zero-order valence-electron chi connectivity index (χ0n) is 21.3. The Kier molecular flexibility index (Phi) is 6.39. The number of ether oxygens (including phenoxy) is 1. The second-order valence-corrected chi connectivity index (χ2v) is 10.8. The molecule has 0 bridgehead atoms. The van der Waals surface area contributed by atoms with E-state index in [1.807, 2.05) is 12.3 Å². The molecule has 8 heteroatoms. The molecule has 2 saturated heterocycles. The average molecular weight is 489 g/mol. The first kappa shape index (κ1) is 23.4. The van der Waals surface area contributed by atoms with Crippen LogP contribution in [0.3, 0.4) is 0 Å². The summed E-state index contributed by atoms with van der Waals surface area (Å²) < 4.78 is 7.28. The number of hydrogen-bond acceptors (Lipinski definition) is 6. The summed E-state index contributed by atoms with van der Waals surface area (Å²) in [4.78, 5) is 15.6. The molecule has 190 valence electrons. The summed E-state index contributed by atoms with van der Waals surface area (Å²) in [6, 6.07) is 6.33. The fourth-order valence-corrected chi connectivity index (χ4v) is 6.14. The third-order valence-corrected chi connectivity index (χ3v) is 8.10. The summed E-state index contributed by atoms with van der Waals surface area (Å²) in [7, 11) is 0. The highest BCUT2D eigenvalue weighted by atomic mass is 16.5. The van der Waals surface area contributed by atoms with Gasteiger partial charge in [0.1, 0.15) is 12.1 Å². The quantitative estimate of drug-likeness (QED) is 0.400. The lowest BCUT2D eigenvalue weighted by atomic mass is 9.84. The standard InChI is InChI=1S/C28H36N6O2/c1-18(2)25-26(21-14-22(16-35)28-29-17-30-34(28)15-21)31-23-3-4-24(32-27(23)25)33-9-5-19(6-10-33)13-20-7-11-36-12-8-20/h3-4,14-15,17-20,31,35H,5-13,16H2,1-2H3. The summed E-state index contributed by atoms with van der Waals surface area (Å²) in [5.41, 5.74) is 6.73. The molecule has 6 rings (SSSR count). The fraction of sp³-hybridized carbons (Fsp3) is 0.536. The average Bonchev–Trinajstić information content (AvgIpc) is 3.53. The number of piperidine rings is 1. The van der Waals surface area contributed by atoms with E-state index in [0.717, 1.165) is 71.8 Å². The first-order valence-electron chi connectivity index (χ1n) is 13.4. The minimum atomic E-state index is -0.0832. The van der Waals surface area contributed by atoms with E-state index < -0.39 is 0 Å². The minimum absolute atomic E-state index is 0.0832. The van der Waals surface area contributed by atoms with Gasteiger partial charge in [-0.25, -0.2) is 14.5 Å². The van der Waals surface area contributed by atoms with Gasteiger partial charge >= 0.3 is 0 Å². The Morgan fingerprint density at radius 3 is 2.64 bits per heavy atom. The van der Waals surface area contributed by atoms with Crippen molar-refractivity contribution in [3.8, 4) is 11.3 Å². The maximum Gasteiger partial charge on any atom is 0.160 e. The topological polar surface area (TPSA) is 91.6 Å². The van der Waals surface area contributed by atoms with Crippen LogP contribution in [-0.2, 0) is 11.3 Å². The molecule has 36 heavy (non-hydrogen) atoms. The van der Waals surface area contributed by atoms with Crippen molar-refractivity contribution < 1.29 is 9.84 Å². The smallest absolute Gasteiger partial charge is 0.160 e. The van der Waals surface area contributed by atoms with Crippen LogP contribution in [-0.4, -0.2) is 56.0 Å². The van der Waals surface area contributed by atoms with Crippen LogP contribution in [0.1, 0.15) is 63.0 Å². The lowest BCUT2D eigenvalue weighted by Gasteiger charge is -2.35. The monoisotopic (exact) mass is 488 g/mol. The normalized spacial score (nSPS) is 18.2. The largest absolute Gasteiger partial charge is 0.392 e. The summed E-state index contributed by atoms with van der Waals surface area (Å²) in [6.45, 7) is 8.37. The highest BCUT2D eigenvalue weighted by Crippen LogP contribution is 2.37. The predicted molar refractivity (Wildman–Crippen MR) is 141 cm³/mol. The van der Waals surface area contributed by atoms with Crippen LogP contribution in [0.25, 0.3) is 27.9 Å². The number of aromatic nitrogens is 5. The van der Waals surface area contributed by atoms with E-state index >= 15 is 0 Å². The van der Waals surface area contributed by atoms with Gasteiger partial charge in [-0.1, -0.05) is 13.8 Å². The highest BCUT2D eigenvalue weighted by Gasteiger charge is 2.25. The van der Waals surface area contributed by atoms with E-state index in [2.05, 4.69) is 45.9 Å². The van der Waals surface area contributed by atoms with Crippen molar-refractivity contribution >= 4 is 22.5 Å². The number of aliphatic hydroxyl groups excluding tert-OH is 1. The number of pyridine rings is 2. The summed E-state index contributed by atoms with van der Waals surface area (Å²) in [5, 5.41) is 14.2. The first-order chi connectivity index (χ1) is 17.6. The van der Waals surface area contributed by atoms with Crippen molar-refractivity contribution in [1.29, 1.82) is 0 Å². The first-order valence-corrected chi connectivity index (χ1v) is 13.4.